The normalized spacial score (nSPS) is 10.4. The molecule has 0 radical (unpaired) electrons. The quantitative estimate of drug-likeness (QED) is 0.902. The van der Waals surface area contributed by atoms with E-state index >= 15 is 0 Å². The molecule has 0 saturated heterocycles. The van der Waals surface area contributed by atoms with Crippen LogP contribution in [-0.4, -0.2) is 16.0 Å². The summed E-state index contributed by atoms with van der Waals surface area (Å²) in [6.45, 7) is 4.22. The van der Waals surface area contributed by atoms with Gasteiger partial charge in [0.1, 0.15) is 10.8 Å². The molecule has 0 atom stereocenters. The summed E-state index contributed by atoms with van der Waals surface area (Å²) in [4.78, 5) is 17.4. The average Bonchev–Trinajstić information content (AvgIpc) is 2.87. The Labute approximate surface area is 116 Å². The van der Waals surface area contributed by atoms with E-state index in [0.717, 1.165) is 11.4 Å². The third-order valence-electron chi connectivity index (χ3n) is 2.83. The van der Waals surface area contributed by atoms with Gasteiger partial charge in [0.05, 0.1) is 12.1 Å². The maximum Gasteiger partial charge on any atom is 0.255 e. The summed E-state index contributed by atoms with van der Waals surface area (Å²) in [5.74, 6) is -0.247. The van der Waals surface area contributed by atoms with E-state index in [1.807, 2.05) is 6.20 Å². The molecule has 2 N–H and O–H groups in total. The molecule has 4 nitrogen and oxygen atoms in total. The molecule has 1 heterocycles. The van der Waals surface area contributed by atoms with E-state index in [0.29, 0.717) is 17.7 Å². The van der Waals surface area contributed by atoms with Crippen LogP contribution < -0.4 is 5.32 Å². The monoisotopic (exact) mass is 276 g/mol. The van der Waals surface area contributed by atoms with Crippen molar-refractivity contribution in [1.82, 2.24) is 10.3 Å². The third kappa shape index (κ3) is 3.12. The Hall–Kier alpha value is -1.88. The zero-order valence-corrected chi connectivity index (χ0v) is 11.8. The second-order valence-corrected chi connectivity index (χ2v) is 5.43. The van der Waals surface area contributed by atoms with Crippen molar-refractivity contribution in [3.8, 4) is 5.75 Å². The molecule has 2 aromatic rings. The van der Waals surface area contributed by atoms with Crippen LogP contribution in [0.5, 0.6) is 5.75 Å². The number of thiazole rings is 1. The van der Waals surface area contributed by atoms with Crippen molar-refractivity contribution in [3.63, 3.8) is 0 Å². The van der Waals surface area contributed by atoms with Gasteiger partial charge >= 0.3 is 0 Å². The lowest BCUT2D eigenvalue weighted by molar-refractivity contribution is 0.0948. The number of aromatic hydroxyl groups is 1. The van der Waals surface area contributed by atoms with Crippen LogP contribution >= 0.6 is 11.3 Å². The third-order valence-corrected chi connectivity index (χ3v) is 3.97. The molecule has 2 rings (SSSR count). The first-order valence-corrected chi connectivity index (χ1v) is 6.93. The standard InChI is InChI=1S/C14H16N2O2S/c1-3-10-7-15-12(19-10)8-16-14(18)11-6-4-5-9(2)13(11)17/h4-7,17H,3,8H2,1-2H3,(H,16,18). The minimum Gasteiger partial charge on any atom is -0.507 e. The summed E-state index contributed by atoms with van der Waals surface area (Å²) in [7, 11) is 0. The molecular formula is C14H16N2O2S. The fourth-order valence-corrected chi connectivity index (χ4v) is 2.49. The van der Waals surface area contributed by atoms with Gasteiger partial charge in [0.15, 0.2) is 0 Å². The second-order valence-electron chi connectivity index (χ2n) is 4.23. The SMILES string of the molecule is CCc1cnc(CNC(=O)c2cccc(C)c2O)s1. The summed E-state index contributed by atoms with van der Waals surface area (Å²) < 4.78 is 0. The fraction of sp³-hybridized carbons (Fsp3) is 0.286. The van der Waals surface area contributed by atoms with Gasteiger partial charge in [0.2, 0.25) is 0 Å². The summed E-state index contributed by atoms with van der Waals surface area (Å²) >= 11 is 1.59. The molecule has 0 bridgehead atoms. The van der Waals surface area contributed by atoms with Crippen LogP contribution in [0.4, 0.5) is 0 Å². The molecule has 0 aliphatic carbocycles. The number of phenols is 1. The number of phenolic OH excluding ortho intramolecular Hbond substituents is 1. The van der Waals surface area contributed by atoms with E-state index < -0.39 is 0 Å². The summed E-state index contributed by atoms with van der Waals surface area (Å²) in [6.07, 6.45) is 2.78. The van der Waals surface area contributed by atoms with Gasteiger partial charge in [0, 0.05) is 11.1 Å². The number of para-hydroxylation sites is 1. The van der Waals surface area contributed by atoms with Crippen molar-refractivity contribution in [2.24, 2.45) is 0 Å². The number of carbonyl (C=O) groups is 1. The first-order chi connectivity index (χ1) is 9.11. The molecule has 0 aliphatic rings. The highest BCUT2D eigenvalue weighted by Crippen LogP contribution is 2.21. The van der Waals surface area contributed by atoms with Crippen molar-refractivity contribution in [1.29, 1.82) is 0 Å². The highest BCUT2D eigenvalue weighted by molar-refractivity contribution is 7.11. The number of nitrogens with one attached hydrogen (secondary N) is 1. The molecule has 1 aromatic heterocycles. The van der Waals surface area contributed by atoms with Crippen LogP contribution in [-0.2, 0) is 13.0 Å². The first kappa shape index (κ1) is 13.5. The van der Waals surface area contributed by atoms with Crippen LogP contribution in [0.25, 0.3) is 0 Å². The van der Waals surface area contributed by atoms with Gasteiger partial charge in [-0.3, -0.25) is 4.79 Å². The number of benzene rings is 1. The zero-order chi connectivity index (χ0) is 13.8. The molecule has 5 heteroatoms. The molecule has 0 aliphatic heterocycles. The first-order valence-electron chi connectivity index (χ1n) is 6.12. The smallest absolute Gasteiger partial charge is 0.255 e. The Morgan fingerprint density at radius 2 is 2.26 bits per heavy atom. The lowest BCUT2D eigenvalue weighted by atomic mass is 10.1. The van der Waals surface area contributed by atoms with Gasteiger partial charge in [-0.15, -0.1) is 11.3 Å². The van der Waals surface area contributed by atoms with Gasteiger partial charge in [-0.2, -0.15) is 0 Å². The molecule has 1 aromatic carbocycles. The largest absolute Gasteiger partial charge is 0.507 e. The zero-order valence-electron chi connectivity index (χ0n) is 10.9. The maximum atomic E-state index is 12.0. The molecule has 0 fully saturated rings. The highest BCUT2D eigenvalue weighted by atomic mass is 32.1. The van der Waals surface area contributed by atoms with Crippen molar-refractivity contribution < 1.29 is 9.90 Å². The number of nitrogens with zero attached hydrogens (tertiary/aromatic N) is 1. The van der Waals surface area contributed by atoms with E-state index in [2.05, 4.69) is 17.2 Å². The van der Waals surface area contributed by atoms with Crippen LogP contribution in [0.2, 0.25) is 0 Å². The topological polar surface area (TPSA) is 62.2 Å². The lowest BCUT2D eigenvalue weighted by Crippen LogP contribution is -2.22. The van der Waals surface area contributed by atoms with Gasteiger partial charge in [-0.1, -0.05) is 19.1 Å². The van der Waals surface area contributed by atoms with E-state index in [1.54, 1.807) is 36.5 Å². The Balaban J connectivity index is 2.03. The lowest BCUT2D eigenvalue weighted by Gasteiger charge is -2.07. The Morgan fingerprint density at radius 3 is 2.95 bits per heavy atom. The number of hydrogen-bond donors (Lipinski definition) is 2. The van der Waals surface area contributed by atoms with Crippen molar-refractivity contribution >= 4 is 17.2 Å². The maximum absolute atomic E-state index is 12.0. The minimum absolute atomic E-state index is 0.0355. The number of amides is 1. The molecular weight excluding hydrogens is 260 g/mol. The van der Waals surface area contributed by atoms with E-state index in [4.69, 9.17) is 0 Å². The number of carbonyl (C=O) groups excluding carboxylic acids is 1. The number of aromatic nitrogens is 1. The van der Waals surface area contributed by atoms with E-state index in [9.17, 15) is 9.90 Å². The van der Waals surface area contributed by atoms with Crippen LogP contribution in [0, 0.1) is 6.92 Å². The Bertz CT molecular complexity index is 593. The Kier molecular flexibility index (Phi) is 4.16. The van der Waals surface area contributed by atoms with Crippen LogP contribution in [0.15, 0.2) is 24.4 Å². The molecule has 100 valence electrons. The second kappa shape index (κ2) is 5.84. The van der Waals surface area contributed by atoms with Crippen LogP contribution in [0.1, 0.15) is 32.7 Å². The summed E-state index contributed by atoms with van der Waals surface area (Å²) in [6, 6.07) is 5.13. The molecule has 19 heavy (non-hydrogen) atoms. The van der Waals surface area contributed by atoms with Crippen molar-refractivity contribution in [2.75, 3.05) is 0 Å². The van der Waals surface area contributed by atoms with E-state index in [1.165, 1.54) is 4.88 Å². The van der Waals surface area contributed by atoms with Gasteiger partial charge in [-0.25, -0.2) is 4.98 Å². The highest BCUT2D eigenvalue weighted by Gasteiger charge is 2.12. The van der Waals surface area contributed by atoms with Crippen molar-refractivity contribution in [2.45, 2.75) is 26.8 Å². The predicted molar refractivity (Wildman–Crippen MR) is 75.5 cm³/mol. The average molecular weight is 276 g/mol. The number of rotatable bonds is 4. The summed E-state index contributed by atoms with van der Waals surface area (Å²) in [5.41, 5.74) is 0.988. The molecule has 1 amide bonds. The van der Waals surface area contributed by atoms with Gasteiger partial charge in [-0.05, 0) is 25.0 Å². The number of aryl methyl sites for hydroxylation is 2. The minimum atomic E-state index is -0.283. The van der Waals surface area contributed by atoms with Gasteiger partial charge < -0.3 is 10.4 Å². The predicted octanol–water partition coefficient (Wildman–Crippen LogP) is 2.65. The number of hydrogen-bond acceptors (Lipinski definition) is 4. The molecule has 0 spiro atoms. The summed E-state index contributed by atoms with van der Waals surface area (Å²) in [5, 5.41) is 13.5. The van der Waals surface area contributed by atoms with Crippen LogP contribution in [0.3, 0.4) is 0 Å². The van der Waals surface area contributed by atoms with E-state index in [-0.39, 0.29) is 11.7 Å². The van der Waals surface area contributed by atoms with Gasteiger partial charge in [0.25, 0.3) is 5.91 Å². The Morgan fingerprint density at radius 1 is 1.47 bits per heavy atom. The molecule has 0 unspecified atom stereocenters. The van der Waals surface area contributed by atoms with Crippen molar-refractivity contribution in [3.05, 3.63) is 45.4 Å². The molecule has 0 saturated carbocycles. The fourth-order valence-electron chi connectivity index (χ4n) is 1.69.